The molecular formula is C25H25N5O5. The predicted molar refractivity (Wildman–Crippen MR) is 131 cm³/mol. The van der Waals surface area contributed by atoms with Crippen LogP contribution >= 0.6 is 0 Å². The Bertz CT molecular complexity index is 1330. The van der Waals surface area contributed by atoms with Crippen molar-refractivity contribution in [3.8, 4) is 0 Å². The number of nitro groups is 1. The zero-order chi connectivity index (χ0) is 25.3. The number of nitrogens with one attached hydrogen (secondary N) is 2. The van der Waals surface area contributed by atoms with Crippen molar-refractivity contribution in [1.82, 2.24) is 4.68 Å². The Kier molecular flexibility index (Phi) is 6.37. The van der Waals surface area contributed by atoms with Gasteiger partial charge >= 0.3 is 0 Å². The molecule has 2 heterocycles. The molecule has 0 aliphatic carbocycles. The van der Waals surface area contributed by atoms with Gasteiger partial charge in [0.25, 0.3) is 11.6 Å². The summed E-state index contributed by atoms with van der Waals surface area (Å²) < 4.78 is 1.68. The summed E-state index contributed by atoms with van der Waals surface area (Å²) in [5.74, 6) is -1.61. The number of hydrogen-bond donors (Lipinski definition) is 2. The van der Waals surface area contributed by atoms with Crippen LogP contribution in [0.4, 0.5) is 17.1 Å². The first-order chi connectivity index (χ1) is 16.6. The lowest BCUT2D eigenvalue weighted by Gasteiger charge is -2.17. The van der Waals surface area contributed by atoms with E-state index in [4.69, 9.17) is 0 Å². The number of carbonyl (C=O) groups excluding carboxylic acids is 3. The highest BCUT2D eigenvalue weighted by Crippen LogP contribution is 2.30. The fourth-order valence-electron chi connectivity index (χ4n) is 4.09. The summed E-state index contributed by atoms with van der Waals surface area (Å²) in [6.07, 6.45) is -0.0140. The molecule has 0 spiro atoms. The third kappa shape index (κ3) is 4.91. The van der Waals surface area contributed by atoms with Gasteiger partial charge < -0.3 is 10.2 Å². The van der Waals surface area contributed by atoms with Gasteiger partial charge in [0.15, 0.2) is 0 Å². The van der Waals surface area contributed by atoms with E-state index in [-0.39, 0.29) is 36.4 Å². The van der Waals surface area contributed by atoms with Gasteiger partial charge in [-0.05, 0) is 57.2 Å². The van der Waals surface area contributed by atoms with E-state index in [1.807, 2.05) is 26.0 Å². The van der Waals surface area contributed by atoms with Gasteiger partial charge in [-0.2, -0.15) is 0 Å². The number of carbonyl (C=O) groups is 3. The van der Waals surface area contributed by atoms with Crippen LogP contribution in [-0.4, -0.2) is 33.9 Å². The second-order valence-corrected chi connectivity index (χ2v) is 8.60. The molecular weight excluding hydrogens is 450 g/mol. The molecule has 35 heavy (non-hydrogen) atoms. The second-order valence-electron chi connectivity index (χ2n) is 8.60. The molecule has 10 nitrogen and oxygen atoms in total. The zero-order valence-electron chi connectivity index (χ0n) is 19.6. The number of nitro benzene ring substituents is 1. The Morgan fingerprint density at radius 1 is 1.03 bits per heavy atom. The van der Waals surface area contributed by atoms with Crippen molar-refractivity contribution < 1.29 is 19.3 Å². The van der Waals surface area contributed by atoms with Crippen molar-refractivity contribution in [3.05, 3.63) is 87.2 Å². The quantitative estimate of drug-likeness (QED) is 0.415. The van der Waals surface area contributed by atoms with Gasteiger partial charge in [-0.3, -0.25) is 34.6 Å². The lowest BCUT2D eigenvalue weighted by atomic mass is 10.1. The minimum Gasteiger partial charge on any atom is -0.326 e. The number of hydrogen-bond acceptors (Lipinski definition) is 5. The number of anilines is 2. The Balaban J connectivity index is 1.44. The van der Waals surface area contributed by atoms with E-state index in [1.54, 1.807) is 48.0 Å². The van der Waals surface area contributed by atoms with E-state index in [2.05, 4.69) is 10.7 Å². The molecule has 0 radical (unpaired) electrons. The summed E-state index contributed by atoms with van der Waals surface area (Å²) in [4.78, 5) is 50.3. The van der Waals surface area contributed by atoms with E-state index >= 15 is 0 Å². The van der Waals surface area contributed by atoms with Gasteiger partial charge in [0.05, 0.1) is 16.5 Å². The van der Waals surface area contributed by atoms with Crippen LogP contribution in [0.15, 0.2) is 54.6 Å². The monoisotopic (exact) mass is 475 g/mol. The summed E-state index contributed by atoms with van der Waals surface area (Å²) in [5, 5.41) is 14.0. The standard InChI is InChI=1S/C25H25N5O5/c1-15-7-10-21(13-22(15)30(34)35)28-14-19(12-23(28)31)24(32)26-20-6-4-5-18(11-20)25(33)27-29-16(2)8-9-17(29)3/h4-11,13,19H,12,14H2,1-3H3,(H,26,32)(H,27,33)/t19-/m1/s1. The van der Waals surface area contributed by atoms with Crippen LogP contribution in [-0.2, 0) is 9.59 Å². The minimum absolute atomic E-state index is 0.0140. The largest absolute Gasteiger partial charge is 0.326 e. The molecule has 0 bridgehead atoms. The van der Waals surface area contributed by atoms with Gasteiger partial charge in [-0.15, -0.1) is 0 Å². The summed E-state index contributed by atoms with van der Waals surface area (Å²) in [7, 11) is 0. The second kappa shape index (κ2) is 9.41. The van der Waals surface area contributed by atoms with Crippen LogP contribution in [0.3, 0.4) is 0 Å². The number of amides is 3. The molecule has 10 heteroatoms. The highest BCUT2D eigenvalue weighted by molar-refractivity contribution is 6.05. The average molecular weight is 476 g/mol. The van der Waals surface area contributed by atoms with Gasteiger partial charge in [0, 0.05) is 47.2 Å². The molecule has 2 aromatic carbocycles. The smallest absolute Gasteiger partial charge is 0.274 e. The summed E-state index contributed by atoms with van der Waals surface area (Å²) in [6.45, 7) is 5.49. The SMILES string of the molecule is Cc1ccc(N2C[C@H](C(=O)Nc3cccc(C(=O)Nn4c(C)ccc4C)c3)CC2=O)cc1[N+](=O)[O-]. The minimum atomic E-state index is -0.634. The molecule has 1 fully saturated rings. The summed E-state index contributed by atoms with van der Waals surface area (Å²) in [5.41, 5.74) is 6.19. The van der Waals surface area contributed by atoms with Crippen molar-refractivity contribution >= 4 is 34.8 Å². The molecule has 4 rings (SSSR count). The number of aromatic nitrogens is 1. The molecule has 2 N–H and O–H groups in total. The maximum Gasteiger partial charge on any atom is 0.274 e. The van der Waals surface area contributed by atoms with Gasteiger partial charge in [0.1, 0.15) is 0 Å². The van der Waals surface area contributed by atoms with E-state index in [1.165, 1.54) is 11.0 Å². The maximum atomic E-state index is 12.9. The Morgan fingerprint density at radius 2 is 1.74 bits per heavy atom. The number of aryl methyl sites for hydroxylation is 3. The van der Waals surface area contributed by atoms with Gasteiger partial charge in [-0.1, -0.05) is 12.1 Å². The van der Waals surface area contributed by atoms with Crippen LogP contribution in [0.1, 0.15) is 33.7 Å². The molecule has 3 aromatic rings. The molecule has 0 unspecified atom stereocenters. The van der Waals surface area contributed by atoms with Crippen molar-refractivity contribution in [3.63, 3.8) is 0 Å². The zero-order valence-corrected chi connectivity index (χ0v) is 19.6. The van der Waals surface area contributed by atoms with Crippen molar-refractivity contribution in [1.29, 1.82) is 0 Å². The molecule has 180 valence electrons. The maximum absolute atomic E-state index is 12.9. The van der Waals surface area contributed by atoms with Gasteiger partial charge in [0.2, 0.25) is 11.8 Å². The van der Waals surface area contributed by atoms with E-state index in [9.17, 15) is 24.5 Å². The number of rotatable bonds is 6. The third-order valence-electron chi connectivity index (χ3n) is 6.07. The highest BCUT2D eigenvalue weighted by Gasteiger charge is 2.36. The molecule has 1 aliphatic heterocycles. The lowest BCUT2D eigenvalue weighted by Crippen LogP contribution is -2.28. The van der Waals surface area contributed by atoms with E-state index in [0.29, 0.717) is 22.5 Å². The fraction of sp³-hybridized carbons (Fsp3) is 0.240. The summed E-state index contributed by atoms with van der Waals surface area (Å²) >= 11 is 0. The topological polar surface area (TPSA) is 127 Å². The van der Waals surface area contributed by atoms with Crippen LogP contribution in [0, 0.1) is 36.8 Å². The summed E-state index contributed by atoms with van der Waals surface area (Å²) in [6, 6.07) is 14.9. The Hall–Kier alpha value is -4.47. The van der Waals surface area contributed by atoms with Crippen molar-refractivity contribution in [2.45, 2.75) is 27.2 Å². The first-order valence-corrected chi connectivity index (χ1v) is 11.1. The van der Waals surface area contributed by atoms with Crippen LogP contribution in [0.2, 0.25) is 0 Å². The van der Waals surface area contributed by atoms with Crippen LogP contribution < -0.4 is 15.6 Å². The predicted octanol–water partition coefficient (Wildman–Crippen LogP) is 3.70. The number of benzene rings is 2. The first-order valence-electron chi connectivity index (χ1n) is 11.1. The van der Waals surface area contributed by atoms with Gasteiger partial charge in [-0.25, -0.2) is 0 Å². The third-order valence-corrected chi connectivity index (χ3v) is 6.07. The molecule has 1 aliphatic rings. The average Bonchev–Trinajstić information content (AvgIpc) is 3.36. The molecule has 3 amide bonds. The molecule has 1 aromatic heterocycles. The molecule has 1 saturated heterocycles. The van der Waals surface area contributed by atoms with Crippen molar-refractivity contribution in [2.75, 3.05) is 22.2 Å². The van der Waals surface area contributed by atoms with Crippen LogP contribution in [0.5, 0.6) is 0 Å². The van der Waals surface area contributed by atoms with E-state index < -0.39 is 10.8 Å². The van der Waals surface area contributed by atoms with Crippen LogP contribution in [0.25, 0.3) is 0 Å². The Morgan fingerprint density at radius 3 is 2.43 bits per heavy atom. The Labute approximate surface area is 201 Å². The number of nitrogens with zero attached hydrogens (tertiary/aromatic N) is 3. The molecule has 0 saturated carbocycles. The van der Waals surface area contributed by atoms with Crippen molar-refractivity contribution in [2.24, 2.45) is 5.92 Å². The lowest BCUT2D eigenvalue weighted by molar-refractivity contribution is -0.385. The normalized spacial score (nSPS) is 15.2. The molecule has 1 atom stereocenters. The van der Waals surface area contributed by atoms with E-state index in [0.717, 1.165) is 11.4 Å². The highest BCUT2D eigenvalue weighted by atomic mass is 16.6. The first kappa shape index (κ1) is 23.7. The fourth-order valence-corrected chi connectivity index (χ4v) is 4.09.